The van der Waals surface area contributed by atoms with Crippen molar-refractivity contribution in [2.45, 2.75) is 27.2 Å². The maximum atomic E-state index is 4.15. The van der Waals surface area contributed by atoms with E-state index in [1.807, 2.05) is 27.0 Å². The number of hydrogen-bond donors (Lipinski definition) is 0. The predicted molar refractivity (Wildman–Crippen MR) is 50.0 cm³/mol. The van der Waals surface area contributed by atoms with Gasteiger partial charge in [0.15, 0.2) is 0 Å². The minimum Gasteiger partial charge on any atom is -0.257 e. The Kier molecular flexibility index (Phi) is 2.91. The highest BCUT2D eigenvalue weighted by molar-refractivity contribution is 5.74. The molecule has 0 unspecified atom stereocenters. The van der Waals surface area contributed by atoms with Crippen molar-refractivity contribution in [3.05, 3.63) is 17.7 Å². The number of nitrogens with zero attached hydrogens (tertiary/aromatic N) is 3. The minimum atomic E-state index is 0.860. The third-order valence-electron chi connectivity index (χ3n) is 1.59. The minimum absolute atomic E-state index is 0.860. The molecule has 0 saturated heterocycles. The Labute approximate surface area is 72.6 Å². The number of fused-ring (bicyclic) bond motifs is 1. The Morgan fingerprint density at radius 1 is 1.25 bits per heavy atom. The molecule has 0 N–H and O–H groups in total. The lowest BCUT2D eigenvalue weighted by Gasteiger charge is -1.96. The zero-order valence-corrected chi connectivity index (χ0v) is 7.70. The predicted octanol–water partition coefficient (Wildman–Crippen LogP) is 2.07. The summed E-state index contributed by atoms with van der Waals surface area (Å²) in [7, 11) is 0. The van der Waals surface area contributed by atoms with Gasteiger partial charge in [-0.2, -0.15) is 0 Å². The third-order valence-corrected chi connectivity index (χ3v) is 1.59. The first-order chi connectivity index (χ1) is 5.88. The summed E-state index contributed by atoms with van der Waals surface area (Å²) in [6.45, 7) is 5.95. The molecule has 12 heavy (non-hydrogen) atoms. The van der Waals surface area contributed by atoms with Crippen molar-refractivity contribution in [3.63, 3.8) is 0 Å². The SMILES string of the molecule is CC.Cc1ncnc2c1N=CC2. The topological polar surface area (TPSA) is 38.1 Å². The van der Waals surface area contributed by atoms with Crippen LogP contribution in [0.25, 0.3) is 0 Å². The molecule has 0 fully saturated rings. The van der Waals surface area contributed by atoms with E-state index >= 15 is 0 Å². The van der Waals surface area contributed by atoms with Crippen molar-refractivity contribution in [1.82, 2.24) is 9.97 Å². The van der Waals surface area contributed by atoms with E-state index in [9.17, 15) is 0 Å². The summed E-state index contributed by atoms with van der Waals surface area (Å²) in [5.41, 5.74) is 2.98. The van der Waals surface area contributed by atoms with E-state index in [0.717, 1.165) is 23.5 Å². The number of aryl methyl sites for hydroxylation is 1. The van der Waals surface area contributed by atoms with Crippen LogP contribution >= 0.6 is 0 Å². The Morgan fingerprint density at radius 2 is 2.00 bits per heavy atom. The molecule has 0 aliphatic carbocycles. The van der Waals surface area contributed by atoms with Crippen LogP contribution in [-0.2, 0) is 6.42 Å². The third kappa shape index (κ3) is 1.49. The highest BCUT2D eigenvalue weighted by Gasteiger charge is 2.09. The molecule has 1 aromatic rings. The van der Waals surface area contributed by atoms with Crippen LogP contribution in [0.4, 0.5) is 5.69 Å². The average molecular weight is 163 g/mol. The van der Waals surface area contributed by atoms with Crippen molar-refractivity contribution < 1.29 is 0 Å². The number of aromatic nitrogens is 2. The molecule has 0 saturated carbocycles. The van der Waals surface area contributed by atoms with Crippen LogP contribution in [0.15, 0.2) is 11.3 Å². The van der Waals surface area contributed by atoms with Crippen LogP contribution in [0.3, 0.4) is 0 Å². The van der Waals surface area contributed by atoms with Crippen LogP contribution in [0.1, 0.15) is 25.2 Å². The first-order valence-corrected chi connectivity index (χ1v) is 4.21. The smallest absolute Gasteiger partial charge is 0.116 e. The largest absolute Gasteiger partial charge is 0.257 e. The van der Waals surface area contributed by atoms with Crippen molar-refractivity contribution in [1.29, 1.82) is 0 Å². The van der Waals surface area contributed by atoms with Gasteiger partial charge in [-0.05, 0) is 6.92 Å². The Bertz CT molecular complexity index is 292. The fraction of sp³-hybridized carbons (Fsp3) is 0.444. The van der Waals surface area contributed by atoms with Crippen LogP contribution in [0.2, 0.25) is 0 Å². The summed E-state index contributed by atoms with van der Waals surface area (Å²) < 4.78 is 0. The van der Waals surface area contributed by atoms with Gasteiger partial charge in [0.2, 0.25) is 0 Å². The van der Waals surface area contributed by atoms with Gasteiger partial charge < -0.3 is 0 Å². The second-order valence-electron chi connectivity index (χ2n) is 2.27. The normalized spacial score (nSPS) is 11.9. The zero-order valence-electron chi connectivity index (χ0n) is 7.70. The molecule has 2 heterocycles. The van der Waals surface area contributed by atoms with Gasteiger partial charge in [0.05, 0.1) is 11.4 Å². The van der Waals surface area contributed by atoms with Crippen molar-refractivity contribution in [2.75, 3.05) is 0 Å². The molecule has 0 bridgehead atoms. The van der Waals surface area contributed by atoms with Gasteiger partial charge in [0, 0.05) is 12.6 Å². The van der Waals surface area contributed by atoms with Crippen molar-refractivity contribution >= 4 is 11.9 Å². The van der Waals surface area contributed by atoms with Gasteiger partial charge >= 0.3 is 0 Å². The van der Waals surface area contributed by atoms with Gasteiger partial charge in [-0.15, -0.1) is 0 Å². The molecule has 0 amide bonds. The van der Waals surface area contributed by atoms with Crippen LogP contribution in [-0.4, -0.2) is 16.2 Å². The van der Waals surface area contributed by atoms with Gasteiger partial charge in [-0.25, -0.2) is 9.97 Å². The first-order valence-electron chi connectivity index (χ1n) is 4.21. The fourth-order valence-electron chi connectivity index (χ4n) is 1.06. The second kappa shape index (κ2) is 3.95. The van der Waals surface area contributed by atoms with Crippen molar-refractivity contribution in [3.8, 4) is 0 Å². The Balaban J connectivity index is 0.000000336. The molecule has 0 atom stereocenters. The molecule has 1 aliphatic heterocycles. The van der Waals surface area contributed by atoms with Crippen LogP contribution < -0.4 is 0 Å². The molecule has 2 rings (SSSR count). The highest BCUT2D eigenvalue weighted by Crippen LogP contribution is 2.23. The molecule has 1 aliphatic rings. The maximum absolute atomic E-state index is 4.15. The van der Waals surface area contributed by atoms with E-state index < -0.39 is 0 Å². The molecule has 3 heteroatoms. The number of aliphatic imine (C=N–C) groups is 1. The number of rotatable bonds is 0. The molecular weight excluding hydrogens is 150 g/mol. The summed E-state index contributed by atoms with van der Waals surface area (Å²) in [4.78, 5) is 12.3. The summed E-state index contributed by atoms with van der Waals surface area (Å²) in [6, 6.07) is 0. The number of hydrogen-bond acceptors (Lipinski definition) is 3. The zero-order chi connectivity index (χ0) is 8.97. The summed E-state index contributed by atoms with van der Waals surface area (Å²) in [5.74, 6) is 0. The Hall–Kier alpha value is -1.25. The fourth-order valence-corrected chi connectivity index (χ4v) is 1.06. The standard InChI is InChI=1S/C7H7N3.C2H6/c1-5-7-6(2-3-8-7)10-4-9-5;1-2/h3-4H,2H2,1H3;1-2H3. The molecule has 0 aromatic carbocycles. The van der Waals surface area contributed by atoms with Gasteiger partial charge in [-0.3, -0.25) is 4.99 Å². The lowest BCUT2D eigenvalue weighted by atomic mass is 10.3. The molecule has 64 valence electrons. The van der Waals surface area contributed by atoms with Gasteiger partial charge in [0.25, 0.3) is 0 Å². The lowest BCUT2D eigenvalue weighted by Crippen LogP contribution is -1.89. The Morgan fingerprint density at radius 3 is 2.67 bits per heavy atom. The van der Waals surface area contributed by atoms with E-state index in [4.69, 9.17) is 0 Å². The molecular formula is C9H13N3. The molecule has 0 spiro atoms. The lowest BCUT2D eigenvalue weighted by molar-refractivity contribution is 1.05. The van der Waals surface area contributed by atoms with Crippen molar-refractivity contribution in [2.24, 2.45) is 4.99 Å². The van der Waals surface area contributed by atoms with E-state index in [2.05, 4.69) is 15.0 Å². The second-order valence-corrected chi connectivity index (χ2v) is 2.27. The first kappa shape index (κ1) is 8.84. The monoisotopic (exact) mass is 163 g/mol. The van der Waals surface area contributed by atoms with Gasteiger partial charge in [-0.1, -0.05) is 13.8 Å². The summed E-state index contributed by atoms with van der Waals surface area (Å²) in [6.07, 6.45) is 4.31. The van der Waals surface area contributed by atoms with E-state index in [1.54, 1.807) is 6.33 Å². The van der Waals surface area contributed by atoms with E-state index in [1.165, 1.54) is 0 Å². The van der Waals surface area contributed by atoms with Crippen LogP contribution in [0, 0.1) is 6.92 Å². The molecule has 3 nitrogen and oxygen atoms in total. The molecule has 1 aromatic heterocycles. The average Bonchev–Trinajstić information content (AvgIpc) is 2.57. The van der Waals surface area contributed by atoms with Gasteiger partial charge in [0.1, 0.15) is 12.0 Å². The van der Waals surface area contributed by atoms with E-state index in [-0.39, 0.29) is 0 Å². The van der Waals surface area contributed by atoms with E-state index in [0.29, 0.717) is 0 Å². The van der Waals surface area contributed by atoms with Crippen LogP contribution in [0.5, 0.6) is 0 Å². The summed E-state index contributed by atoms with van der Waals surface area (Å²) in [5, 5.41) is 0. The quantitative estimate of drug-likeness (QED) is 0.587. The highest BCUT2D eigenvalue weighted by atomic mass is 14.9. The maximum Gasteiger partial charge on any atom is 0.116 e. The summed E-state index contributed by atoms with van der Waals surface area (Å²) >= 11 is 0. The molecule has 0 radical (unpaired) electrons.